The molecular formula is C13H16BrN3OS. The van der Waals surface area contributed by atoms with Crippen LogP contribution in [0.1, 0.15) is 38.7 Å². The molecule has 0 saturated carbocycles. The van der Waals surface area contributed by atoms with Crippen molar-refractivity contribution in [3.05, 3.63) is 31.4 Å². The van der Waals surface area contributed by atoms with Crippen molar-refractivity contribution >= 4 is 33.0 Å². The van der Waals surface area contributed by atoms with Gasteiger partial charge in [0.2, 0.25) is 0 Å². The second-order valence-corrected chi connectivity index (χ2v) is 6.41. The average molecular weight is 342 g/mol. The molecule has 0 N–H and O–H groups in total. The van der Waals surface area contributed by atoms with E-state index in [9.17, 15) is 4.79 Å². The zero-order valence-electron chi connectivity index (χ0n) is 11.5. The maximum atomic E-state index is 12.4. The van der Waals surface area contributed by atoms with Gasteiger partial charge < -0.3 is 0 Å². The molecule has 0 bridgehead atoms. The van der Waals surface area contributed by atoms with Gasteiger partial charge in [-0.3, -0.25) is 9.48 Å². The predicted molar refractivity (Wildman–Crippen MR) is 80.0 cm³/mol. The minimum atomic E-state index is 0.110. The smallest absolute Gasteiger partial charge is 0.180 e. The zero-order chi connectivity index (χ0) is 14.2. The number of nitrogens with zero attached hydrogens (tertiary/aromatic N) is 3. The van der Waals surface area contributed by atoms with Crippen LogP contribution in [0.3, 0.4) is 0 Å². The van der Waals surface area contributed by atoms with Crippen LogP contribution in [0.5, 0.6) is 0 Å². The Morgan fingerprint density at radius 1 is 1.32 bits per heavy atom. The third-order valence-electron chi connectivity index (χ3n) is 2.94. The van der Waals surface area contributed by atoms with Crippen molar-refractivity contribution in [3.63, 3.8) is 0 Å². The van der Waals surface area contributed by atoms with Crippen LogP contribution >= 0.6 is 27.3 Å². The van der Waals surface area contributed by atoms with Crippen LogP contribution in [0.25, 0.3) is 0 Å². The van der Waals surface area contributed by atoms with E-state index in [0.717, 1.165) is 38.0 Å². The van der Waals surface area contributed by atoms with Crippen LogP contribution in [0, 0.1) is 20.8 Å². The minimum Gasteiger partial charge on any atom is -0.293 e. The number of rotatable bonds is 4. The van der Waals surface area contributed by atoms with Gasteiger partial charge in [-0.05, 0) is 43.6 Å². The highest BCUT2D eigenvalue weighted by Crippen LogP contribution is 2.25. The number of carbonyl (C=O) groups is 1. The summed E-state index contributed by atoms with van der Waals surface area (Å²) in [5.74, 6) is 0.110. The monoisotopic (exact) mass is 341 g/mol. The highest BCUT2D eigenvalue weighted by molar-refractivity contribution is 9.10. The normalized spacial score (nSPS) is 11.0. The number of thiazole rings is 1. The lowest BCUT2D eigenvalue weighted by molar-refractivity contribution is 0.0993. The summed E-state index contributed by atoms with van der Waals surface area (Å²) in [5, 5.41) is 5.34. The molecule has 2 rings (SSSR count). The number of aromatic nitrogens is 3. The first-order chi connectivity index (χ1) is 8.93. The third-order valence-corrected chi connectivity index (χ3v) is 5.08. The van der Waals surface area contributed by atoms with Crippen molar-refractivity contribution < 1.29 is 4.79 Å². The Hall–Kier alpha value is -1.01. The molecule has 0 aliphatic carbocycles. The average Bonchev–Trinajstić information content (AvgIpc) is 2.83. The van der Waals surface area contributed by atoms with Gasteiger partial charge in [0.1, 0.15) is 0 Å². The number of hydrogen-bond acceptors (Lipinski definition) is 4. The maximum Gasteiger partial charge on any atom is 0.180 e. The molecule has 0 spiro atoms. The van der Waals surface area contributed by atoms with Crippen LogP contribution in [0.4, 0.5) is 0 Å². The largest absolute Gasteiger partial charge is 0.293 e. The van der Waals surface area contributed by atoms with Crippen molar-refractivity contribution in [2.24, 2.45) is 0 Å². The Morgan fingerprint density at radius 2 is 2.00 bits per heavy atom. The molecule has 0 aliphatic heterocycles. The molecule has 4 nitrogen and oxygen atoms in total. The summed E-state index contributed by atoms with van der Waals surface area (Å²) in [7, 11) is 0. The number of hydrogen-bond donors (Lipinski definition) is 0. The Morgan fingerprint density at radius 3 is 2.53 bits per heavy atom. The van der Waals surface area contributed by atoms with E-state index in [1.807, 2.05) is 32.4 Å². The number of aryl methyl sites for hydroxylation is 4. The number of Topliss-reactive ketones (excluding diaryl/α,β-unsaturated/α-hetero) is 1. The lowest BCUT2D eigenvalue weighted by Gasteiger charge is -2.04. The fourth-order valence-electron chi connectivity index (χ4n) is 2.06. The van der Waals surface area contributed by atoms with E-state index in [-0.39, 0.29) is 5.78 Å². The van der Waals surface area contributed by atoms with E-state index >= 15 is 0 Å². The molecule has 0 fully saturated rings. The third kappa shape index (κ3) is 2.79. The van der Waals surface area contributed by atoms with Crippen LogP contribution in [-0.2, 0) is 13.0 Å². The molecule has 6 heteroatoms. The highest BCUT2D eigenvalue weighted by atomic mass is 79.9. The van der Waals surface area contributed by atoms with Gasteiger partial charge in [0.05, 0.1) is 37.9 Å². The summed E-state index contributed by atoms with van der Waals surface area (Å²) in [4.78, 5) is 17.4. The molecule has 0 unspecified atom stereocenters. The number of ketones is 1. The van der Waals surface area contributed by atoms with E-state index in [1.54, 1.807) is 0 Å². The molecule has 102 valence electrons. The van der Waals surface area contributed by atoms with Crippen molar-refractivity contribution in [1.82, 2.24) is 14.8 Å². The van der Waals surface area contributed by atoms with Crippen LogP contribution in [0.15, 0.2) is 4.47 Å². The summed E-state index contributed by atoms with van der Waals surface area (Å²) in [6, 6.07) is 0. The van der Waals surface area contributed by atoms with Crippen LogP contribution in [0.2, 0.25) is 0 Å². The van der Waals surface area contributed by atoms with E-state index in [4.69, 9.17) is 0 Å². The SMILES string of the molecule is CCn1nc(C)c(Br)c1CC(=O)c1sc(C)nc1C. The Labute approximate surface area is 125 Å². The molecule has 2 aromatic rings. The summed E-state index contributed by atoms with van der Waals surface area (Å²) in [6.07, 6.45) is 0.359. The molecule has 0 radical (unpaired) electrons. The second kappa shape index (κ2) is 5.54. The molecular weight excluding hydrogens is 326 g/mol. The lowest BCUT2D eigenvalue weighted by atomic mass is 10.1. The van der Waals surface area contributed by atoms with Crippen LogP contribution in [-0.4, -0.2) is 20.5 Å². The van der Waals surface area contributed by atoms with Gasteiger partial charge in [0, 0.05) is 6.54 Å². The minimum absolute atomic E-state index is 0.110. The zero-order valence-corrected chi connectivity index (χ0v) is 13.9. The van der Waals surface area contributed by atoms with Crippen molar-refractivity contribution in [2.75, 3.05) is 0 Å². The molecule has 0 aliphatic rings. The van der Waals surface area contributed by atoms with E-state index in [0.29, 0.717) is 6.42 Å². The number of carbonyl (C=O) groups excluding carboxylic acids is 1. The van der Waals surface area contributed by atoms with Crippen molar-refractivity contribution in [2.45, 2.75) is 40.7 Å². The summed E-state index contributed by atoms with van der Waals surface area (Å²) in [6.45, 7) is 8.52. The van der Waals surface area contributed by atoms with Gasteiger partial charge in [-0.15, -0.1) is 11.3 Å². The Kier molecular flexibility index (Phi) is 4.20. The van der Waals surface area contributed by atoms with E-state index in [1.165, 1.54) is 11.3 Å². The second-order valence-electron chi connectivity index (χ2n) is 4.41. The summed E-state index contributed by atoms with van der Waals surface area (Å²) >= 11 is 4.98. The fraction of sp³-hybridized carbons (Fsp3) is 0.462. The first-order valence-corrected chi connectivity index (χ1v) is 7.74. The molecule has 2 aromatic heterocycles. The summed E-state index contributed by atoms with van der Waals surface area (Å²) < 4.78 is 2.81. The van der Waals surface area contributed by atoms with E-state index in [2.05, 4.69) is 26.0 Å². The Bertz CT molecular complexity index is 630. The number of halogens is 1. The van der Waals surface area contributed by atoms with Gasteiger partial charge >= 0.3 is 0 Å². The van der Waals surface area contributed by atoms with Crippen molar-refractivity contribution in [1.29, 1.82) is 0 Å². The Balaban J connectivity index is 2.31. The van der Waals surface area contributed by atoms with Gasteiger partial charge in [0.15, 0.2) is 5.78 Å². The maximum absolute atomic E-state index is 12.4. The van der Waals surface area contributed by atoms with Crippen LogP contribution < -0.4 is 0 Å². The first-order valence-electron chi connectivity index (χ1n) is 6.13. The quantitative estimate of drug-likeness (QED) is 0.800. The van der Waals surface area contributed by atoms with Gasteiger partial charge in [0.25, 0.3) is 0 Å². The first kappa shape index (κ1) is 14.4. The topological polar surface area (TPSA) is 47.8 Å². The molecule has 19 heavy (non-hydrogen) atoms. The standard InChI is InChI=1S/C13H16BrN3OS/c1-5-17-10(12(14)7(2)16-17)6-11(18)13-8(3)15-9(4)19-13/h5-6H2,1-4H3. The summed E-state index contributed by atoms with van der Waals surface area (Å²) in [5.41, 5.74) is 2.68. The van der Waals surface area contributed by atoms with E-state index < -0.39 is 0 Å². The fourth-order valence-corrected chi connectivity index (χ4v) is 3.34. The van der Waals surface area contributed by atoms with Gasteiger partial charge in [-0.1, -0.05) is 0 Å². The molecule has 0 saturated heterocycles. The molecule has 2 heterocycles. The molecule has 0 atom stereocenters. The molecule has 0 aromatic carbocycles. The van der Waals surface area contributed by atoms with Gasteiger partial charge in [-0.2, -0.15) is 5.10 Å². The van der Waals surface area contributed by atoms with Gasteiger partial charge in [-0.25, -0.2) is 4.98 Å². The molecule has 0 amide bonds. The van der Waals surface area contributed by atoms with Crippen molar-refractivity contribution in [3.8, 4) is 0 Å². The predicted octanol–water partition coefficient (Wildman–Crippen LogP) is 3.47. The highest BCUT2D eigenvalue weighted by Gasteiger charge is 2.19. The lowest BCUT2D eigenvalue weighted by Crippen LogP contribution is -2.10.